The van der Waals surface area contributed by atoms with Crippen LogP contribution in [-0.4, -0.2) is 21.0 Å². The molecule has 1 heterocycles. The smallest absolute Gasteiger partial charge is 0.335 e. The summed E-state index contributed by atoms with van der Waals surface area (Å²) in [6.45, 7) is 1.80. The van der Waals surface area contributed by atoms with Gasteiger partial charge in [0.15, 0.2) is 0 Å². The molecule has 1 aromatic heterocycles. The Bertz CT molecular complexity index is 642. The molecule has 8 heteroatoms. The second-order valence-corrected chi connectivity index (χ2v) is 4.96. The Labute approximate surface area is 118 Å². The van der Waals surface area contributed by atoms with E-state index in [4.69, 9.17) is 5.11 Å². The Morgan fingerprint density at radius 3 is 2.85 bits per heavy atom. The SMILES string of the molecule is CC(Nc1cc(C(=O)O)ccc1[N+](=O)[O-])c1nccs1. The van der Waals surface area contributed by atoms with Gasteiger partial charge in [0, 0.05) is 17.6 Å². The predicted octanol–water partition coefficient (Wildman–Crippen LogP) is 2.92. The van der Waals surface area contributed by atoms with Crippen molar-refractivity contribution in [1.29, 1.82) is 0 Å². The Morgan fingerprint density at radius 2 is 2.30 bits per heavy atom. The molecule has 0 saturated carbocycles. The van der Waals surface area contributed by atoms with E-state index in [0.717, 1.165) is 5.01 Å². The molecular formula is C12H11N3O4S. The fourth-order valence-electron chi connectivity index (χ4n) is 1.69. The maximum absolute atomic E-state index is 11.0. The quantitative estimate of drug-likeness (QED) is 0.648. The normalized spacial score (nSPS) is 11.8. The third kappa shape index (κ3) is 2.91. The van der Waals surface area contributed by atoms with Gasteiger partial charge in [-0.2, -0.15) is 0 Å². The zero-order chi connectivity index (χ0) is 14.7. The highest BCUT2D eigenvalue weighted by Gasteiger charge is 2.19. The number of aromatic nitrogens is 1. The average molecular weight is 293 g/mol. The Morgan fingerprint density at radius 1 is 1.55 bits per heavy atom. The minimum absolute atomic E-state index is 0.00978. The van der Waals surface area contributed by atoms with Crippen molar-refractivity contribution in [1.82, 2.24) is 4.98 Å². The first-order chi connectivity index (χ1) is 9.49. The van der Waals surface area contributed by atoms with Gasteiger partial charge in [0.2, 0.25) is 0 Å². The molecule has 2 N–H and O–H groups in total. The van der Waals surface area contributed by atoms with Gasteiger partial charge in [0.25, 0.3) is 5.69 Å². The number of nitrogens with zero attached hydrogens (tertiary/aromatic N) is 2. The van der Waals surface area contributed by atoms with E-state index in [9.17, 15) is 14.9 Å². The van der Waals surface area contributed by atoms with Gasteiger partial charge in [0.1, 0.15) is 10.7 Å². The van der Waals surface area contributed by atoms with E-state index < -0.39 is 10.9 Å². The summed E-state index contributed by atoms with van der Waals surface area (Å²) in [7, 11) is 0. The van der Waals surface area contributed by atoms with Crippen LogP contribution in [0.3, 0.4) is 0 Å². The number of thiazole rings is 1. The summed E-state index contributed by atoms with van der Waals surface area (Å²) in [6, 6.07) is 3.39. The van der Waals surface area contributed by atoms with Crippen LogP contribution in [0.4, 0.5) is 11.4 Å². The van der Waals surface area contributed by atoms with Gasteiger partial charge in [-0.15, -0.1) is 11.3 Å². The third-order valence-corrected chi connectivity index (χ3v) is 3.59. The molecule has 7 nitrogen and oxygen atoms in total. The van der Waals surface area contributed by atoms with E-state index in [1.54, 1.807) is 18.5 Å². The molecule has 0 aliphatic rings. The largest absolute Gasteiger partial charge is 0.478 e. The lowest BCUT2D eigenvalue weighted by Crippen LogP contribution is -2.09. The van der Waals surface area contributed by atoms with Crippen LogP contribution in [0.15, 0.2) is 29.8 Å². The Kier molecular flexibility index (Phi) is 3.94. The van der Waals surface area contributed by atoms with Crippen molar-refractivity contribution >= 4 is 28.7 Å². The molecule has 0 spiro atoms. The molecule has 0 bridgehead atoms. The molecule has 2 rings (SSSR count). The molecule has 1 aromatic carbocycles. The number of nitro groups is 1. The van der Waals surface area contributed by atoms with Gasteiger partial charge in [-0.3, -0.25) is 10.1 Å². The number of rotatable bonds is 5. The first-order valence-corrected chi connectivity index (χ1v) is 6.54. The van der Waals surface area contributed by atoms with E-state index in [1.165, 1.54) is 29.5 Å². The standard InChI is InChI=1S/C12H11N3O4S/c1-7(11-13-4-5-20-11)14-9-6-8(12(16)17)2-3-10(9)15(18)19/h2-7,14H,1H3,(H,16,17). The molecular weight excluding hydrogens is 282 g/mol. The number of nitro benzene ring substituents is 1. The number of carboxylic acid groups (broad SMARTS) is 1. The zero-order valence-electron chi connectivity index (χ0n) is 10.4. The Balaban J connectivity index is 2.35. The van der Waals surface area contributed by atoms with Crippen LogP contribution in [0.5, 0.6) is 0 Å². The molecule has 2 aromatic rings. The number of nitrogens with one attached hydrogen (secondary N) is 1. The number of hydrogen-bond acceptors (Lipinski definition) is 6. The Hall–Kier alpha value is -2.48. The van der Waals surface area contributed by atoms with Crippen molar-refractivity contribution in [3.05, 3.63) is 50.5 Å². The van der Waals surface area contributed by atoms with Crippen LogP contribution in [0, 0.1) is 10.1 Å². The molecule has 20 heavy (non-hydrogen) atoms. The van der Waals surface area contributed by atoms with Crippen LogP contribution in [0.2, 0.25) is 0 Å². The summed E-state index contributed by atoms with van der Waals surface area (Å²) >= 11 is 1.42. The molecule has 0 radical (unpaired) electrons. The monoisotopic (exact) mass is 293 g/mol. The van der Waals surface area contributed by atoms with Gasteiger partial charge >= 0.3 is 5.97 Å². The lowest BCUT2D eigenvalue weighted by atomic mass is 10.1. The van der Waals surface area contributed by atoms with Crippen molar-refractivity contribution in [3.63, 3.8) is 0 Å². The van der Waals surface area contributed by atoms with Crippen LogP contribution in [-0.2, 0) is 0 Å². The minimum atomic E-state index is -1.13. The van der Waals surface area contributed by atoms with E-state index >= 15 is 0 Å². The molecule has 0 aliphatic carbocycles. The average Bonchev–Trinajstić information content (AvgIpc) is 2.92. The molecule has 0 amide bonds. The van der Waals surface area contributed by atoms with E-state index in [0.29, 0.717) is 0 Å². The first-order valence-electron chi connectivity index (χ1n) is 5.66. The van der Waals surface area contributed by atoms with E-state index in [-0.39, 0.29) is 23.0 Å². The van der Waals surface area contributed by atoms with Crippen molar-refractivity contribution in [3.8, 4) is 0 Å². The number of carboxylic acids is 1. The number of benzene rings is 1. The summed E-state index contributed by atoms with van der Waals surface area (Å²) in [5.41, 5.74) is -0.0135. The summed E-state index contributed by atoms with van der Waals surface area (Å²) in [5.74, 6) is -1.13. The molecule has 0 saturated heterocycles. The summed E-state index contributed by atoms with van der Waals surface area (Å²) in [4.78, 5) is 25.5. The lowest BCUT2D eigenvalue weighted by molar-refractivity contribution is -0.384. The maximum Gasteiger partial charge on any atom is 0.335 e. The second kappa shape index (κ2) is 5.66. The van der Waals surface area contributed by atoms with Gasteiger partial charge in [-0.25, -0.2) is 9.78 Å². The summed E-state index contributed by atoms with van der Waals surface area (Å²) in [5, 5.41) is 25.4. The van der Waals surface area contributed by atoms with Crippen molar-refractivity contribution in [2.45, 2.75) is 13.0 Å². The number of anilines is 1. The van der Waals surface area contributed by atoms with Crippen molar-refractivity contribution < 1.29 is 14.8 Å². The maximum atomic E-state index is 11.0. The number of carbonyl (C=O) groups is 1. The number of hydrogen-bond donors (Lipinski definition) is 2. The first kappa shape index (κ1) is 13.9. The molecule has 104 valence electrons. The van der Waals surface area contributed by atoms with Gasteiger partial charge in [-0.1, -0.05) is 0 Å². The molecule has 1 atom stereocenters. The fourth-order valence-corrected chi connectivity index (χ4v) is 2.33. The summed E-state index contributed by atoms with van der Waals surface area (Å²) in [6.07, 6.45) is 1.64. The van der Waals surface area contributed by atoms with Crippen molar-refractivity contribution in [2.24, 2.45) is 0 Å². The topological polar surface area (TPSA) is 105 Å². The highest BCUT2D eigenvalue weighted by molar-refractivity contribution is 7.09. The fraction of sp³-hybridized carbons (Fsp3) is 0.167. The van der Waals surface area contributed by atoms with Crippen LogP contribution in [0.25, 0.3) is 0 Å². The van der Waals surface area contributed by atoms with E-state index in [1.807, 2.05) is 0 Å². The number of aromatic carboxylic acids is 1. The van der Waals surface area contributed by atoms with Gasteiger partial charge < -0.3 is 10.4 Å². The van der Waals surface area contributed by atoms with Gasteiger partial charge in [0.05, 0.1) is 16.5 Å². The summed E-state index contributed by atoms with van der Waals surface area (Å²) < 4.78 is 0. The lowest BCUT2D eigenvalue weighted by Gasteiger charge is -2.13. The third-order valence-electron chi connectivity index (χ3n) is 2.63. The molecule has 0 fully saturated rings. The van der Waals surface area contributed by atoms with Crippen LogP contribution in [0.1, 0.15) is 28.3 Å². The zero-order valence-corrected chi connectivity index (χ0v) is 11.3. The highest BCUT2D eigenvalue weighted by Crippen LogP contribution is 2.29. The predicted molar refractivity (Wildman–Crippen MR) is 74.2 cm³/mol. The second-order valence-electron chi connectivity index (χ2n) is 4.03. The van der Waals surface area contributed by atoms with Crippen molar-refractivity contribution in [2.75, 3.05) is 5.32 Å². The van der Waals surface area contributed by atoms with Crippen LogP contribution < -0.4 is 5.32 Å². The molecule has 0 aliphatic heterocycles. The van der Waals surface area contributed by atoms with E-state index in [2.05, 4.69) is 10.3 Å². The van der Waals surface area contributed by atoms with Gasteiger partial charge in [-0.05, 0) is 19.1 Å². The van der Waals surface area contributed by atoms with Crippen LogP contribution >= 0.6 is 11.3 Å². The minimum Gasteiger partial charge on any atom is -0.478 e. The highest BCUT2D eigenvalue weighted by atomic mass is 32.1. The molecule has 1 unspecified atom stereocenters.